The summed E-state index contributed by atoms with van der Waals surface area (Å²) in [6, 6.07) is 6.86. The van der Waals surface area contributed by atoms with Gasteiger partial charge < -0.3 is 8.98 Å². The number of nitrogens with zero attached hydrogens (tertiary/aromatic N) is 2. The van der Waals surface area contributed by atoms with E-state index in [-0.39, 0.29) is 5.56 Å². The largest absolute Gasteiger partial charge is 0.422 e. The van der Waals surface area contributed by atoms with Crippen LogP contribution in [0.15, 0.2) is 56.9 Å². The van der Waals surface area contributed by atoms with Crippen LogP contribution in [-0.4, -0.2) is 9.55 Å². The highest BCUT2D eigenvalue weighted by molar-refractivity contribution is 5.78. The van der Waals surface area contributed by atoms with Crippen molar-refractivity contribution in [1.82, 2.24) is 9.55 Å². The van der Waals surface area contributed by atoms with Gasteiger partial charge in [-0.05, 0) is 42.7 Å². The second kappa shape index (κ2) is 5.36. The second-order valence-electron chi connectivity index (χ2n) is 4.91. The van der Waals surface area contributed by atoms with Crippen LogP contribution in [0.1, 0.15) is 11.1 Å². The van der Waals surface area contributed by atoms with Crippen LogP contribution in [0, 0.1) is 6.92 Å². The predicted molar refractivity (Wildman–Crippen MR) is 79.4 cm³/mol. The number of aromatic nitrogens is 2. The van der Waals surface area contributed by atoms with E-state index in [4.69, 9.17) is 4.42 Å². The highest BCUT2D eigenvalue weighted by Crippen LogP contribution is 2.11. The zero-order valence-corrected chi connectivity index (χ0v) is 11.6. The van der Waals surface area contributed by atoms with Gasteiger partial charge in [0.15, 0.2) is 0 Å². The Balaban J connectivity index is 1.99. The molecule has 0 N–H and O–H groups in total. The molecule has 0 saturated heterocycles. The summed E-state index contributed by atoms with van der Waals surface area (Å²) in [5.41, 5.74) is 1.53. The minimum atomic E-state index is -0.436. The molecule has 0 aliphatic rings. The van der Waals surface area contributed by atoms with Crippen LogP contribution < -0.4 is 11.2 Å². The molecule has 0 fully saturated rings. The Morgan fingerprint density at radius 3 is 2.71 bits per heavy atom. The molecule has 0 radical (unpaired) electrons. The van der Waals surface area contributed by atoms with Gasteiger partial charge in [0.1, 0.15) is 5.58 Å². The maximum Gasteiger partial charge on any atom is 0.336 e. The lowest BCUT2D eigenvalue weighted by Gasteiger charge is -2.07. The van der Waals surface area contributed by atoms with Crippen molar-refractivity contribution in [2.24, 2.45) is 0 Å². The van der Waals surface area contributed by atoms with E-state index in [1.54, 1.807) is 36.1 Å². The first kappa shape index (κ1) is 13.3. The molecule has 0 spiro atoms. The van der Waals surface area contributed by atoms with Gasteiger partial charge in [0.2, 0.25) is 0 Å². The van der Waals surface area contributed by atoms with E-state index in [2.05, 4.69) is 4.98 Å². The maximum atomic E-state index is 12.5. The molecule has 3 rings (SSSR count). The average molecular weight is 282 g/mol. The summed E-state index contributed by atoms with van der Waals surface area (Å²) in [6.45, 7) is 2.31. The molecule has 5 heteroatoms. The topological polar surface area (TPSA) is 65.1 Å². The fraction of sp³-hybridized carbons (Fsp3) is 0.188. The lowest BCUT2D eigenvalue weighted by molar-refractivity contribution is 0.556. The van der Waals surface area contributed by atoms with Crippen molar-refractivity contribution in [2.75, 3.05) is 0 Å². The van der Waals surface area contributed by atoms with Gasteiger partial charge in [-0.2, -0.15) is 0 Å². The van der Waals surface area contributed by atoms with E-state index in [9.17, 15) is 9.59 Å². The van der Waals surface area contributed by atoms with Gasteiger partial charge in [-0.3, -0.25) is 9.78 Å². The van der Waals surface area contributed by atoms with Gasteiger partial charge in [0.25, 0.3) is 5.56 Å². The third-order valence-electron chi connectivity index (χ3n) is 3.46. The molecule has 0 aliphatic heterocycles. The van der Waals surface area contributed by atoms with Gasteiger partial charge in [-0.1, -0.05) is 0 Å². The number of hydrogen-bond acceptors (Lipinski definition) is 4. The van der Waals surface area contributed by atoms with E-state index in [1.807, 2.05) is 12.1 Å². The zero-order chi connectivity index (χ0) is 14.8. The third-order valence-corrected chi connectivity index (χ3v) is 3.46. The van der Waals surface area contributed by atoms with E-state index in [1.165, 1.54) is 6.07 Å². The Morgan fingerprint density at radius 2 is 1.95 bits per heavy atom. The van der Waals surface area contributed by atoms with Crippen LogP contribution in [0.3, 0.4) is 0 Å². The van der Waals surface area contributed by atoms with Crippen LogP contribution in [0.25, 0.3) is 11.0 Å². The van der Waals surface area contributed by atoms with Crippen molar-refractivity contribution in [3.63, 3.8) is 0 Å². The molecule has 3 heterocycles. The molecule has 0 unspecified atom stereocenters. The van der Waals surface area contributed by atoms with E-state index in [0.717, 1.165) is 12.0 Å². The Labute approximate surface area is 120 Å². The monoisotopic (exact) mass is 282 g/mol. The number of pyridine rings is 2. The Morgan fingerprint density at radius 1 is 1.19 bits per heavy atom. The minimum absolute atomic E-state index is 0.136. The van der Waals surface area contributed by atoms with Gasteiger partial charge in [-0.15, -0.1) is 0 Å². The molecule has 3 aromatic rings. The summed E-state index contributed by atoms with van der Waals surface area (Å²) in [5.74, 6) is 0. The molecule has 0 saturated carbocycles. The van der Waals surface area contributed by atoms with E-state index >= 15 is 0 Å². The first-order valence-electron chi connectivity index (χ1n) is 6.68. The molecule has 5 nitrogen and oxygen atoms in total. The predicted octanol–water partition coefficient (Wildman–Crippen LogP) is 1.90. The highest BCUT2D eigenvalue weighted by Gasteiger charge is 2.08. The molecular formula is C16H14N2O3. The summed E-state index contributed by atoms with van der Waals surface area (Å²) in [6.07, 6.45) is 5.87. The molecule has 21 heavy (non-hydrogen) atoms. The van der Waals surface area contributed by atoms with Crippen LogP contribution in [0.4, 0.5) is 0 Å². The first-order chi connectivity index (χ1) is 10.1. The molecule has 0 aliphatic carbocycles. The standard InChI is InChI=1S/C16H14N2O3/c1-11-10-14(19)21-13-5-9-18(16(20)15(11)13)8-4-12-2-6-17-7-3-12/h2-3,5-7,9-10H,4,8H2,1H3. The normalized spacial score (nSPS) is 10.9. The van der Waals surface area contributed by atoms with Crippen LogP contribution in [-0.2, 0) is 13.0 Å². The van der Waals surface area contributed by atoms with E-state index in [0.29, 0.717) is 23.1 Å². The molecule has 106 valence electrons. The fourth-order valence-electron chi connectivity index (χ4n) is 2.37. The van der Waals surface area contributed by atoms with Crippen molar-refractivity contribution in [2.45, 2.75) is 19.9 Å². The summed E-state index contributed by atoms with van der Waals surface area (Å²) in [4.78, 5) is 27.8. The van der Waals surface area contributed by atoms with Gasteiger partial charge in [0, 0.05) is 31.2 Å². The van der Waals surface area contributed by atoms with Gasteiger partial charge in [0.05, 0.1) is 5.39 Å². The number of fused-ring (bicyclic) bond motifs is 1. The summed E-state index contributed by atoms with van der Waals surface area (Å²) in [7, 11) is 0. The second-order valence-corrected chi connectivity index (χ2v) is 4.91. The molecular weight excluding hydrogens is 268 g/mol. The van der Waals surface area contributed by atoms with Crippen molar-refractivity contribution in [3.05, 3.63) is 74.8 Å². The Hall–Kier alpha value is -2.69. The fourth-order valence-corrected chi connectivity index (χ4v) is 2.37. The zero-order valence-electron chi connectivity index (χ0n) is 11.6. The quantitative estimate of drug-likeness (QED) is 0.736. The molecule has 0 aromatic carbocycles. The maximum absolute atomic E-state index is 12.5. The summed E-state index contributed by atoms with van der Waals surface area (Å²) in [5, 5.41) is 0.465. The molecule has 0 atom stereocenters. The summed E-state index contributed by atoms with van der Waals surface area (Å²) < 4.78 is 6.70. The lowest BCUT2D eigenvalue weighted by atomic mass is 10.1. The first-order valence-corrected chi connectivity index (χ1v) is 6.68. The average Bonchev–Trinajstić information content (AvgIpc) is 2.47. The smallest absolute Gasteiger partial charge is 0.336 e. The van der Waals surface area contributed by atoms with Crippen LogP contribution in [0.5, 0.6) is 0 Å². The number of aryl methyl sites for hydroxylation is 3. The SMILES string of the molecule is Cc1cc(=O)oc2ccn(CCc3ccncc3)c(=O)c12. The molecule has 3 aromatic heterocycles. The third kappa shape index (κ3) is 2.63. The van der Waals surface area contributed by atoms with Gasteiger partial charge >= 0.3 is 5.63 Å². The van der Waals surface area contributed by atoms with Crippen molar-refractivity contribution < 1.29 is 4.42 Å². The van der Waals surface area contributed by atoms with Crippen molar-refractivity contribution >= 4 is 11.0 Å². The van der Waals surface area contributed by atoms with Crippen molar-refractivity contribution in [1.29, 1.82) is 0 Å². The number of rotatable bonds is 3. The van der Waals surface area contributed by atoms with E-state index < -0.39 is 5.63 Å². The van der Waals surface area contributed by atoms with Crippen molar-refractivity contribution in [3.8, 4) is 0 Å². The summed E-state index contributed by atoms with van der Waals surface area (Å²) >= 11 is 0. The molecule has 0 bridgehead atoms. The number of hydrogen-bond donors (Lipinski definition) is 0. The van der Waals surface area contributed by atoms with Crippen LogP contribution >= 0.6 is 0 Å². The Kier molecular flexibility index (Phi) is 3.39. The minimum Gasteiger partial charge on any atom is -0.422 e. The lowest BCUT2D eigenvalue weighted by Crippen LogP contribution is -2.22. The molecule has 0 amide bonds. The van der Waals surface area contributed by atoms with Crippen LogP contribution in [0.2, 0.25) is 0 Å². The highest BCUT2D eigenvalue weighted by atomic mass is 16.4. The Bertz CT molecular complexity index is 895. The van der Waals surface area contributed by atoms with Gasteiger partial charge in [-0.25, -0.2) is 4.79 Å².